The number of hydrogen-bond donors (Lipinski definition) is 1. The molecule has 21 heavy (non-hydrogen) atoms. The highest BCUT2D eigenvalue weighted by molar-refractivity contribution is 5.58. The second-order valence-electron chi connectivity index (χ2n) is 5.21. The number of likely N-dealkylation sites (N-methyl/N-ethyl adjacent to an activating group) is 1. The Kier molecular flexibility index (Phi) is 4.26. The van der Waals surface area contributed by atoms with Gasteiger partial charge in [-0.15, -0.1) is 0 Å². The first-order valence-corrected chi connectivity index (χ1v) is 7.35. The normalized spacial score (nSPS) is 22.4. The van der Waals surface area contributed by atoms with Crippen molar-refractivity contribution in [3.63, 3.8) is 0 Å². The summed E-state index contributed by atoms with van der Waals surface area (Å²) in [5.41, 5.74) is 2.11. The monoisotopic (exact) mass is 288 g/mol. The van der Waals surface area contributed by atoms with Gasteiger partial charge in [0.15, 0.2) is 0 Å². The van der Waals surface area contributed by atoms with Gasteiger partial charge in [0.1, 0.15) is 0 Å². The minimum atomic E-state index is 0.108. The number of aryl methyl sites for hydroxylation is 1. The third-order valence-electron chi connectivity index (χ3n) is 4.01. The molecule has 6 heteroatoms. The Bertz CT molecular complexity index is 599. The van der Waals surface area contributed by atoms with E-state index in [0.717, 1.165) is 30.6 Å². The smallest absolute Gasteiger partial charge is 0.233 e. The van der Waals surface area contributed by atoms with Gasteiger partial charge in [-0.1, -0.05) is 12.1 Å². The first-order chi connectivity index (χ1) is 10.3. The first-order valence-electron chi connectivity index (χ1n) is 7.35. The van der Waals surface area contributed by atoms with Gasteiger partial charge in [0.05, 0.1) is 12.5 Å². The minimum absolute atomic E-state index is 0.108. The van der Waals surface area contributed by atoms with Gasteiger partial charge < -0.3 is 14.6 Å². The summed E-state index contributed by atoms with van der Waals surface area (Å²) < 4.78 is 11.0. The fraction of sp³-hybridized carbons (Fsp3) is 0.533. The van der Waals surface area contributed by atoms with Crippen molar-refractivity contribution in [2.45, 2.75) is 31.7 Å². The molecule has 2 atom stereocenters. The van der Waals surface area contributed by atoms with E-state index in [1.807, 2.05) is 19.3 Å². The third kappa shape index (κ3) is 2.82. The molecule has 0 saturated carbocycles. The molecule has 3 rings (SSSR count). The van der Waals surface area contributed by atoms with E-state index >= 15 is 0 Å². The van der Waals surface area contributed by atoms with E-state index in [0.29, 0.717) is 24.4 Å². The summed E-state index contributed by atoms with van der Waals surface area (Å²) >= 11 is 0. The van der Waals surface area contributed by atoms with Crippen LogP contribution in [-0.2, 0) is 11.2 Å². The van der Waals surface area contributed by atoms with Crippen molar-refractivity contribution in [1.29, 1.82) is 0 Å². The zero-order chi connectivity index (χ0) is 14.7. The molecule has 0 bridgehead atoms. The van der Waals surface area contributed by atoms with E-state index in [2.05, 4.69) is 27.4 Å². The Morgan fingerprint density at radius 1 is 1.43 bits per heavy atom. The summed E-state index contributed by atoms with van der Waals surface area (Å²) in [6.07, 6.45) is 5.45. The number of aromatic nitrogens is 3. The summed E-state index contributed by atoms with van der Waals surface area (Å²) in [5, 5.41) is 7.45. The molecule has 0 aromatic carbocycles. The fourth-order valence-electron chi connectivity index (χ4n) is 2.75. The number of ether oxygens (including phenoxy) is 1. The van der Waals surface area contributed by atoms with Gasteiger partial charge in [0.25, 0.3) is 0 Å². The van der Waals surface area contributed by atoms with Crippen molar-refractivity contribution < 1.29 is 9.26 Å². The molecule has 2 aromatic rings. The molecular formula is C15H20N4O2. The SMILES string of the molecule is CCc1cnccc1-c1noc(C2COCCC2NC)n1. The second kappa shape index (κ2) is 6.32. The predicted molar refractivity (Wildman–Crippen MR) is 77.9 cm³/mol. The minimum Gasteiger partial charge on any atom is -0.381 e. The lowest BCUT2D eigenvalue weighted by molar-refractivity contribution is 0.0516. The molecule has 2 unspecified atom stereocenters. The van der Waals surface area contributed by atoms with E-state index in [1.54, 1.807) is 6.20 Å². The van der Waals surface area contributed by atoms with E-state index < -0.39 is 0 Å². The number of nitrogens with zero attached hydrogens (tertiary/aromatic N) is 3. The van der Waals surface area contributed by atoms with E-state index in [4.69, 9.17) is 9.26 Å². The van der Waals surface area contributed by atoms with Crippen molar-refractivity contribution in [2.75, 3.05) is 20.3 Å². The van der Waals surface area contributed by atoms with Crippen LogP contribution in [0.25, 0.3) is 11.4 Å². The highest BCUT2D eigenvalue weighted by atomic mass is 16.5. The Hall–Kier alpha value is -1.79. The molecule has 1 N–H and O–H groups in total. The molecule has 6 nitrogen and oxygen atoms in total. The molecule has 1 aliphatic heterocycles. The van der Waals surface area contributed by atoms with E-state index in [-0.39, 0.29) is 5.92 Å². The molecule has 0 radical (unpaired) electrons. The van der Waals surface area contributed by atoms with Gasteiger partial charge in [0, 0.05) is 30.6 Å². The number of pyridine rings is 1. The predicted octanol–water partition coefficient (Wildman–Crippen LogP) is 1.79. The average molecular weight is 288 g/mol. The maximum Gasteiger partial charge on any atom is 0.233 e. The van der Waals surface area contributed by atoms with Gasteiger partial charge in [0.2, 0.25) is 11.7 Å². The van der Waals surface area contributed by atoms with E-state index in [9.17, 15) is 0 Å². The zero-order valence-corrected chi connectivity index (χ0v) is 12.4. The molecule has 0 spiro atoms. The maximum atomic E-state index is 5.55. The van der Waals surface area contributed by atoms with Crippen LogP contribution >= 0.6 is 0 Å². The standard InChI is InChI=1S/C15H20N4O2/c1-3-10-8-17-6-4-11(10)14-18-15(21-19-14)12-9-20-7-5-13(12)16-2/h4,6,8,12-13,16H,3,5,7,9H2,1-2H3. The van der Waals surface area contributed by atoms with Crippen molar-refractivity contribution >= 4 is 0 Å². The van der Waals surface area contributed by atoms with E-state index in [1.165, 1.54) is 0 Å². The maximum absolute atomic E-state index is 5.55. The van der Waals surface area contributed by atoms with Crippen LogP contribution in [0.3, 0.4) is 0 Å². The van der Waals surface area contributed by atoms with Crippen LogP contribution in [0.1, 0.15) is 30.7 Å². The van der Waals surface area contributed by atoms with Gasteiger partial charge in [-0.25, -0.2) is 0 Å². The van der Waals surface area contributed by atoms with Crippen LogP contribution in [0.15, 0.2) is 23.0 Å². The number of nitrogens with one attached hydrogen (secondary N) is 1. The van der Waals surface area contributed by atoms with Gasteiger partial charge >= 0.3 is 0 Å². The molecule has 0 aliphatic carbocycles. The van der Waals surface area contributed by atoms with Crippen LogP contribution in [0.5, 0.6) is 0 Å². The molecule has 112 valence electrons. The highest BCUT2D eigenvalue weighted by Gasteiger charge is 2.31. The fourth-order valence-corrected chi connectivity index (χ4v) is 2.75. The van der Waals surface area contributed by atoms with Crippen LogP contribution in [0.4, 0.5) is 0 Å². The number of rotatable bonds is 4. The topological polar surface area (TPSA) is 73.1 Å². The summed E-state index contributed by atoms with van der Waals surface area (Å²) in [6.45, 7) is 3.48. The van der Waals surface area contributed by atoms with Crippen LogP contribution in [0.2, 0.25) is 0 Å². The van der Waals surface area contributed by atoms with Crippen molar-refractivity contribution in [3.05, 3.63) is 29.9 Å². The third-order valence-corrected chi connectivity index (χ3v) is 4.01. The lowest BCUT2D eigenvalue weighted by atomic mass is 9.96. The molecular weight excluding hydrogens is 268 g/mol. The first kappa shape index (κ1) is 14.2. The summed E-state index contributed by atoms with van der Waals surface area (Å²) in [7, 11) is 1.96. The molecule has 1 aliphatic rings. The van der Waals surface area contributed by atoms with Crippen LogP contribution < -0.4 is 5.32 Å². The van der Waals surface area contributed by atoms with Crippen LogP contribution in [0, 0.1) is 0 Å². The largest absolute Gasteiger partial charge is 0.381 e. The average Bonchev–Trinajstić information content (AvgIpc) is 3.04. The Morgan fingerprint density at radius 2 is 2.33 bits per heavy atom. The lowest BCUT2D eigenvalue weighted by Gasteiger charge is -2.28. The van der Waals surface area contributed by atoms with Crippen molar-refractivity contribution in [3.8, 4) is 11.4 Å². The van der Waals surface area contributed by atoms with Gasteiger partial charge in [-0.05, 0) is 31.5 Å². The van der Waals surface area contributed by atoms with Gasteiger partial charge in [-0.3, -0.25) is 4.98 Å². The van der Waals surface area contributed by atoms with Crippen molar-refractivity contribution in [1.82, 2.24) is 20.4 Å². The zero-order valence-electron chi connectivity index (χ0n) is 12.4. The molecule has 0 amide bonds. The molecule has 1 fully saturated rings. The summed E-state index contributed by atoms with van der Waals surface area (Å²) in [5.74, 6) is 1.38. The second-order valence-corrected chi connectivity index (χ2v) is 5.21. The highest BCUT2D eigenvalue weighted by Crippen LogP contribution is 2.27. The molecule has 1 saturated heterocycles. The number of hydrogen-bond acceptors (Lipinski definition) is 6. The lowest BCUT2D eigenvalue weighted by Crippen LogP contribution is -2.39. The quantitative estimate of drug-likeness (QED) is 0.924. The Morgan fingerprint density at radius 3 is 3.14 bits per heavy atom. The molecule has 2 aromatic heterocycles. The Labute approximate surface area is 123 Å². The van der Waals surface area contributed by atoms with Gasteiger partial charge in [-0.2, -0.15) is 4.98 Å². The summed E-state index contributed by atoms with van der Waals surface area (Å²) in [4.78, 5) is 8.73. The van der Waals surface area contributed by atoms with Crippen molar-refractivity contribution in [2.24, 2.45) is 0 Å². The Balaban J connectivity index is 1.89. The van der Waals surface area contributed by atoms with Crippen LogP contribution in [-0.4, -0.2) is 41.4 Å². The summed E-state index contributed by atoms with van der Waals surface area (Å²) in [6, 6.07) is 2.25. The molecule has 3 heterocycles.